The van der Waals surface area contributed by atoms with Gasteiger partial charge in [-0.2, -0.15) is 5.10 Å². The Kier molecular flexibility index (Phi) is 2.64. The number of rotatable bonds is 4. The normalized spacial score (nSPS) is 16.3. The van der Waals surface area contributed by atoms with Gasteiger partial charge in [0, 0.05) is 12.0 Å². The van der Waals surface area contributed by atoms with Crippen molar-refractivity contribution in [2.45, 2.75) is 24.9 Å². The summed E-state index contributed by atoms with van der Waals surface area (Å²) in [6.07, 6.45) is 2.42. The van der Waals surface area contributed by atoms with Crippen molar-refractivity contribution in [3.63, 3.8) is 0 Å². The maximum absolute atomic E-state index is 10.8. The van der Waals surface area contributed by atoms with Crippen LogP contribution >= 0.6 is 0 Å². The van der Waals surface area contributed by atoms with Gasteiger partial charge in [0.15, 0.2) is 0 Å². The first kappa shape index (κ1) is 11.9. The van der Waals surface area contributed by atoms with Crippen LogP contribution in [0.4, 0.5) is 0 Å². The lowest BCUT2D eigenvalue weighted by Gasteiger charge is -2.07. The first-order valence-electron chi connectivity index (χ1n) is 6.16. The molecule has 1 aliphatic rings. The van der Waals surface area contributed by atoms with Crippen molar-refractivity contribution in [3.05, 3.63) is 41.6 Å². The van der Waals surface area contributed by atoms with Crippen LogP contribution in [0.2, 0.25) is 0 Å². The Morgan fingerprint density at radius 3 is 2.53 bits per heavy atom. The number of carbonyl (C=O) groups is 1. The minimum absolute atomic E-state index is 0.0753. The van der Waals surface area contributed by atoms with Gasteiger partial charge in [0.25, 0.3) is 0 Å². The summed E-state index contributed by atoms with van der Waals surface area (Å²) in [5.74, 6) is -1.02. The summed E-state index contributed by atoms with van der Waals surface area (Å²) in [7, 11) is 0. The second-order valence-electron chi connectivity index (χ2n) is 5.07. The van der Waals surface area contributed by atoms with Gasteiger partial charge in [-0.25, -0.2) is 4.79 Å². The quantitative estimate of drug-likeness (QED) is 0.781. The van der Waals surface area contributed by atoms with E-state index < -0.39 is 11.6 Å². The van der Waals surface area contributed by atoms with Gasteiger partial charge in [0.2, 0.25) is 0 Å². The maximum Gasteiger partial charge on any atom is 0.353 e. The fourth-order valence-electron chi connectivity index (χ4n) is 2.07. The Hall–Kier alpha value is -2.14. The van der Waals surface area contributed by atoms with E-state index in [0.29, 0.717) is 12.1 Å². The van der Waals surface area contributed by atoms with Crippen molar-refractivity contribution in [1.82, 2.24) is 10.2 Å². The molecule has 3 N–H and O–H groups in total. The molecule has 0 bridgehead atoms. The Bertz CT molecular complexity index is 612. The molecule has 0 amide bonds. The van der Waals surface area contributed by atoms with E-state index in [1.165, 1.54) is 6.07 Å². The molecule has 1 heterocycles. The highest BCUT2D eigenvalue weighted by atomic mass is 16.4. The van der Waals surface area contributed by atoms with Crippen molar-refractivity contribution in [2.75, 3.05) is 0 Å². The molecular formula is C14H14N2O3. The van der Waals surface area contributed by atoms with E-state index in [4.69, 9.17) is 5.11 Å². The van der Waals surface area contributed by atoms with Crippen molar-refractivity contribution in [2.24, 2.45) is 0 Å². The highest BCUT2D eigenvalue weighted by Gasteiger charge is 2.39. The molecule has 2 aromatic rings. The Balaban J connectivity index is 1.79. The lowest BCUT2D eigenvalue weighted by molar-refractivity contribution is 0.0690. The van der Waals surface area contributed by atoms with Crippen LogP contribution in [0.15, 0.2) is 30.3 Å². The van der Waals surface area contributed by atoms with Crippen molar-refractivity contribution in [1.29, 1.82) is 0 Å². The molecule has 0 saturated heterocycles. The summed E-state index contributed by atoms with van der Waals surface area (Å²) < 4.78 is 0. The van der Waals surface area contributed by atoms with Gasteiger partial charge in [0.05, 0.1) is 11.3 Å². The minimum atomic E-state index is -1.02. The van der Waals surface area contributed by atoms with Crippen LogP contribution in [0.3, 0.4) is 0 Å². The zero-order chi connectivity index (χ0) is 13.5. The van der Waals surface area contributed by atoms with Gasteiger partial charge < -0.3 is 10.2 Å². The number of hydrogen-bond donors (Lipinski definition) is 3. The molecule has 1 aliphatic carbocycles. The number of nitrogens with one attached hydrogen (secondary N) is 1. The standard InChI is InChI=1S/C14H14N2O3/c17-13(18)12-7-11(15-16-12)10-3-1-9(2-4-10)8-14(19)5-6-14/h1-4,7,19H,5-6,8H2,(H,15,16)(H,17,18). The lowest BCUT2D eigenvalue weighted by Crippen LogP contribution is -2.10. The predicted octanol–water partition coefficient (Wildman–Crippen LogP) is 1.84. The van der Waals surface area contributed by atoms with Gasteiger partial charge >= 0.3 is 5.97 Å². The molecule has 1 aromatic carbocycles. The van der Waals surface area contributed by atoms with Crippen LogP contribution in [0.5, 0.6) is 0 Å². The molecule has 1 aromatic heterocycles. The molecule has 3 rings (SSSR count). The van der Waals surface area contributed by atoms with Gasteiger partial charge in [-0.3, -0.25) is 5.10 Å². The Morgan fingerprint density at radius 2 is 2.00 bits per heavy atom. The number of carboxylic acids is 1. The lowest BCUT2D eigenvalue weighted by atomic mass is 10.0. The number of nitrogens with zero attached hydrogens (tertiary/aromatic N) is 1. The number of aromatic nitrogens is 2. The predicted molar refractivity (Wildman–Crippen MR) is 68.9 cm³/mol. The minimum Gasteiger partial charge on any atom is -0.477 e. The summed E-state index contributed by atoms with van der Waals surface area (Å²) in [5, 5.41) is 25.1. The van der Waals surface area contributed by atoms with E-state index in [2.05, 4.69) is 10.2 Å². The molecule has 0 radical (unpaired) electrons. The summed E-state index contributed by atoms with van der Waals surface area (Å²) >= 11 is 0. The summed E-state index contributed by atoms with van der Waals surface area (Å²) in [6, 6.07) is 9.18. The summed E-state index contributed by atoms with van der Waals surface area (Å²) in [6.45, 7) is 0. The molecule has 5 heteroatoms. The number of hydrogen-bond acceptors (Lipinski definition) is 3. The fourth-order valence-corrected chi connectivity index (χ4v) is 2.07. The average Bonchev–Trinajstić information content (AvgIpc) is 2.93. The van der Waals surface area contributed by atoms with Gasteiger partial charge in [-0.05, 0) is 24.5 Å². The molecule has 0 atom stereocenters. The second kappa shape index (κ2) is 4.20. The van der Waals surface area contributed by atoms with Gasteiger partial charge in [0.1, 0.15) is 5.69 Å². The van der Waals surface area contributed by atoms with Gasteiger partial charge in [-0.15, -0.1) is 0 Å². The molecule has 98 valence electrons. The van der Waals surface area contributed by atoms with E-state index in [0.717, 1.165) is 24.0 Å². The number of aliphatic hydroxyl groups is 1. The molecule has 0 unspecified atom stereocenters. The van der Waals surface area contributed by atoms with Crippen molar-refractivity contribution >= 4 is 5.97 Å². The first-order chi connectivity index (χ1) is 9.06. The van der Waals surface area contributed by atoms with Crippen molar-refractivity contribution < 1.29 is 15.0 Å². The Labute approximate surface area is 109 Å². The van der Waals surface area contributed by atoms with Gasteiger partial charge in [-0.1, -0.05) is 24.3 Å². The molecule has 0 spiro atoms. The van der Waals surface area contributed by atoms with Crippen LogP contribution < -0.4 is 0 Å². The first-order valence-corrected chi connectivity index (χ1v) is 6.16. The van der Waals surface area contributed by atoms with Crippen LogP contribution in [-0.2, 0) is 6.42 Å². The highest BCUT2D eigenvalue weighted by molar-refractivity contribution is 5.86. The van der Waals surface area contributed by atoms with Crippen molar-refractivity contribution in [3.8, 4) is 11.3 Å². The monoisotopic (exact) mass is 258 g/mol. The molecule has 5 nitrogen and oxygen atoms in total. The SMILES string of the molecule is O=C(O)c1cc(-c2ccc(CC3(O)CC3)cc2)n[nH]1. The van der Waals surface area contributed by atoms with Crippen LogP contribution in [0.1, 0.15) is 28.9 Å². The average molecular weight is 258 g/mol. The summed E-state index contributed by atoms with van der Waals surface area (Å²) in [5.41, 5.74) is 2.12. The van der Waals surface area contributed by atoms with E-state index in [1.54, 1.807) is 0 Å². The zero-order valence-electron chi connectivity index (χ0n) is 10.3. The van der Waals surface area contributed by atoms with Crippen LogP contribution in [0, 0.1) is 0 Å². The fraction of sp³-hybridized carbons (Fsp3) is 0.286. The third kappa shape index (κ3) is 2.51. The molecule has 1 fully saturated rings. The van der Waals surface area contributed by atoms with Crippen LogP contribution in [-0.4, -0.2) is 32.0 Å². The van der Waals surface area contributed by atoms with E-state index in [-0.39, 0.29) is 5.69 Å². The van der Waals surface area contributed by atoms with Crippen LogP contribution in [0.25, 0.3) is 11.3 Å². The maximum atomic E-state index is 10.8. The Morgan fingerprint density at radius 1 is 1.32 bits per heavy atom. The number of carboxylic acid groups (broad SMARTS) is 1. The number of aromatic amines is 1. The smallest absolute Gasteiger partial charge is 0.353 e. The molecule has 0 aliphatic heterocycles. The van der Waals surface area contributed by atoms with E-state index >= 15 is 0 Å². The third-order valence-corrected chi connectivity index (χ3v) is 3.42. The third-order valence-electron chi connectivity index (χ3n) is 3.42. The number of H-pyrrole nitrogens is 1. The molecule has 19 heavy (non-hydrogen) atoms. The summed E-state index contributed by atoms with van der Waals surface area (Å²) in [4.78, 5) is 10.8. The number of benzene rings is 1. The van der Waals surface area contributed by atoms with E-state index in [1.807, 2.05) is 24.3 Å². The topological polar surface area (TPSA) is 86.2 Å². The highest BCUT2D eigenvalue weighted by Crippen LogP contribution is 2.38. The molecule has 1 saturated carbocycles. The molecular weight excluding hydrogens is 244 g/mol. The number of aromatic carboxylic acids is 1. The largest absolute Gasteiger partial charge is 0.477 e. The zero-order valence-corrected chi connectivity index (χ0v) is 10.3. The second-order valence-corrected chi connectivity index (χ2v) is 5.07. The van der Waals surface area contributed by atoms with E-state index in [9.17, 15) is 9.90 Å².